The van der Waals surface area contributed by atoms with Crippen molar-refractivity contribution in [3.63, 3.8) is 0 Å². The zero-order valence-corrected chi connectivity index (χ0v) is 18.4. The summed E-state index contributed by atoms with van der Waals surface area (Å²) >= 11 is 6.19. The summed E-state index contributed by atoms with van der Waals surface area (Å²) in [6.45, 7) is 5.32. The van der Waals surface area contributed by atoms with Gasteiger partial charge in [0, 0.05) is 25.7 Å². The smallest absolute Gasteiger partial charge is 0.341 e. The van der Waals surface area contributed by atoms with Crippen molar-refractivity contribution >= 4 is 34.7 Å². The number of carbonyl (C=O) groups is 1. The SMILES string of the molecule is CCOc1cc(CN2CCC(Nc3nc4cccc(C(=O)OC)c4o3)CC2)ccc1Cl. The van der Waals surface area contributed by atoms with Crippen LogP contribution < -0.4 is 10.1 Å². The Hall–Kier alpha value is -2.77. The summed E-state index contributed by atoms with van der Waals surface area (Å²) in [6, 6.07) is 11.9. The highest BCUT2D eigenvalue weighted by Gasteiger charge is 2.22. The van der Waals surface area contributed by atoms with Crippen LogP contribution in [0.25, 0.3) is 11.1 Å². The molecule has 1 N–H and O–H groups in total. The lowest BCUT2D eigenvalue weighted by atomic mass is 10.0. The Morgan fingerprint density at radius 3 is 2.84 bits per heavy atom. The monoisotopic (exact) mass is 443 g/mol. The molecular formula is C23H26ClN3O4. The molecule has 1 aromatic heterocycles. The molecule has 1 fully saturated rings. The number of fused-ring (bicyclic) bond motifs is 1. The summed E-state index contributed by atoms with van der Waals surface area (Å²) in [7, 11) is 1.35. The molecule has 164 valence electrons. The van der Waals surface area contributed by atoms with E-state index >= 15 is 0 Å². The molecule has 4 rings (SSSR count). The van der Waals surface area contributed by atoms with Crippen LogP contribution in [0.1, 0.15) is 35.7 Å². The van der Waals surface area contributed by atoms with Crippen LogP contribution in [-0.2, 0) is 11.3 Å². The molecule has 0 radical (unpaired) electrons. The summed E-state index contributed by atoms with van der Waals surface area (Å²) in [5.74, 6) is 0.303. The van der Waals surface area contributed by atoms with Crippen LogP contribution in [0.15, 0.2) is 40.8 Å². The lowest BCUT2D eigenvalue weighted by molar-refractivity contribution is 0.0602. The van der Waals surface area contributed by atoms with Gasteiger partial charge in [0.2, 0.25) is 0 Å². The molecule has 1 aliphatic heterocycles. The number of hydrogen-bond acceptors (Lipinski definition) is 7. The number of carbonyl (C=O) groups excluding carboxylic acids is 1. The van der Waals surface area contributed by atoms with Crippen molar-refractivity contribution < 1.29 is 18.7 Å². The number of rotatable bonds is 7. The number of aromatic nitrogens is 1. The molecule has 0 amide bonds. The van der Waals surface area contributed by atoms with E-state index in [2.05, 4.69) is 15.2 Å². The van der Waals surface area contributed by atoms with Gasteiger partial charge in [-0.25, -0.2) is 4.79 Å². The first-order valence-corrected chi connectivity index (χ1v) is 10.8. The minimum atomic E-state index is -0.434. The number of anilines is 1. The highest BCUT2D eigenvalue weighted by Crippen LogP contribution is 2.28. The van der Waals surface area contributed by atoms with Crippen molar-refractivity contribution in [1.82, 2.24) is 9.88 Å². The molecule has 3 aromatic rings. The second kappa shape index (κ2) is 9.58. The molecule has 0 aliphatic carbocycles. The number of halogens is 1. The number of ether oxygens (including phenoxy) is 2. The van der Waals surface area contributed by atoms with E-state index in [1.165, 1.54) is 12.7 Å². The van der Waals surface area contributed by atoms with E-state index in [9.17, 15) is 4.79 Å². The van der Waals surface area contributed by atoms with E-state index in [0.717, 1.165) is 38.2 Å². The molecule has 1 saturated heterocycles. The molecule has 2 aromatic carbocycles. The number of benzene rings is 2. The van der Waals surface area contributed by atoms with E-state index in [4.69, 9.17) is 25.5 Å². The number of likely N-dealkylation sites (tertiary alicyclic amines) is 1. The molecule has 8 heteroatoms. The first-order valence-electron chi connectivity index (χ1n) is 10.5. The Morgan fingerprint density at radius 2 is 2.10 bits per heavy atom. The number of esters is 1. The number of methoxy groups -OCH3 is 1. The lowest BCUT2D eigenvalue weighted by Crippen LogP contribution is -2.38. The first-order chi connectivity index (χ1) is 15.1. The fraction of sp³-hybridized carbons (Fsp3) is 0.391. The van der Waals surface area contributed by atoms with Crippen LogP contribution in [0, 0.1) is 0 Å². The van der Waals surface area contributed by atoms with E-state index < -0.39 is 5.97 Å². The summed E-state index contributed by atoms with van der Waals surface area (Å²) in [6.07, 6.45) is 1.93. The van der Waals surface area contributed by atoms with Gasteiger partial charge in [-0.05, 0) is 49.6 Å². The fourth-order valence-electron chi connectivity index (χ4n) is 3.86. The van der Waals surface area contributed by atoms with Gasteiger partial charge in [-0.1, -0.05) is 23.7 Å². The number of para-hydroxylation sites is 1. The van der Waals surface area contributed by atoms with Crippen LogP contribution >= 0.6 is 11.6 Å². The van der Waals surface area contributed by atoms with Gasteiger partial charge in [0.05, 0.1) is 18.7 Å². The molecule has 7 nitrogen and oxygen atoms in total. The van der Waals surface area contributed by atoms with E-state index in [1.54, 1.807) is 12.1 Å². The number of hydrogen-bond donors (Lipinski definition) is 1. The molecule has 0 bridgehead atoms. The van der Waals surface area contributed by atoms with Gasteiger partial charge in [0.25, 0.3) is 6.01 Å². The predicted molar refractivity (Wildman–Crippen MR) is 120 cm³/mol. The van der Waals surface area contributed by atoms with Crippen molar-refractivity contribution in [1.29, 1.82) is 0 Å². The van der Waals surface area contributed by atoms with Gasteiger partial charge in [0.15, 0.2) is 5.58 Å². The average Bonchev–Trinajstić information content (AvgIpc) is 3.19. The molecular weight excluding hydrogens is 418 g/mol. The van der Waals surface area contributed by atoms with Crippen molar-refractivity contribution in [2.75, 3.05) is 32.1 Å². The molecule has 0 spiro atoms. The van der Waals surface area contributed by atoms with Crippen LogP contribution in [0.2, 0.25) is 5.02 Å². The van der Waals surface area contributed by atoms with Gasteiger partial charge in [0.1, 0.15) is 16.8 Å². The third kappa shape index (κ3) is 4.94. The largest absolute Gasteiger partial charge is 0.492 e. The highest BCUT2D eigenvalue weighted by molar-refractivity contribution is 6.32. The number of oxazole rings is 1. The van der Waals surface area contributed by atoms with Gasteiger partial charge in [-0.3, -0.25) is 4.90 Å². The second-order valence-corrected chi connectivity index (χ2v) is 7.96. The summed E-state index contributed by atoms with van der Waals surface area (Å²) < 4.78 is 16.3. The maximum absolute atomic E-state index is 11.9. The molecule has 0 unspecified atom stereocenters. The third-order valence-corrected chi connectivity index (χ3v) is 5.75. The summed E-state index contributed by atoms with van der Waals surface area (Å²) in [5.41, 5.74) is 2.65. The third-order valence-electron chi connectivity index (χ3n) is 5.44. The van der Waals surface area contributed by atoms with Crippen molar-refractivity contribution in [2.45, 2.75) is 32.4 Å². The zero-order valence-electron chi connectivity index (χ0n) is 17.7. The second-order valence-electron chi connectivity index (χ2n) is 7.56. The van der Waals surface area contributed by atoms with Crippen molar-refractivity contribution in [3.8, 4) is 5.75 Å². The molecule has 31 heavy (non-hydrogen) atoms. The first kappa shape index (κ1) is 21.5. The maximum atomic E-state index is 11.9. The standard InChI is InChI=1S/C23H26ClN3O4/c1-3-30-20-13-15(7-8-18(20)24)14-27-11-9-16(10-12-27)25-23-26-19-6-4-5-17(21(19)31-23)22(28)29-2/h4-8,13,16H,3,9-12,14H2,1-2H3,(H,25,26). The zero-order chi connectivity index (χ0) is 21.8. The van der Waals surface area contributed by atoms with Crippen LogP contribution in [0.5, 0.6) is 5.75 Å². The summed E-state index contributed by atoms with van der Waals surface area (Å²) in [4.78, 5) is 18.8. The quantitative estimate of drug-likeness (QED) is 0.528. The Morgan fingerprint density at radius 1 is 1.29 bits per heavy atom. The summed E-state index contributed by atoms with van der Waals surface area (Å²) in [5, 5.41) is 4.02. The van der Waals surface area contributed by atoms with Gasteiger partial charge >= 0.3 is 5.97 Å². The van der Waals surface area contributed by atoms with Gasteiger partial charge < -0.3 is 19.2 Å². The fourth-order valence-corrected chi connectivity index (χ4v) is 4.03. The highest BCUT2D eigenvalue weighted by atomic mass is 35.5. The molecule has 1 aliphatic rings. The van der Waals surface area contributed by atoms with Crippen LogP contribution in [-0.4, -0.2) is 48.7 Å². The normalized spacial score (nSPS) is 15.2. The Bertz CT molecular complexity index is 1060. The Balaban J connectivity index is 1.35. The number of nitrogens with one attached hydrogen (secondary N) is 1. The Labute approximate surface area is 186 Å². The van der Waals surface area contributed by atoms with Crippen LogP contribution in [0.4, 0.5) is 6.01 Å². The van der Waals surface area contributed by atoms with Crippen molar-refractivity contribution in [3.05, 3.63) is 52.5 Å². The number of piperidine rings is 1. The van der Waals surface area contributed by atoms with Gasteiger partial charge in [-0.15, -0.1) is 0 Å². The van der Waals surface area contributed by atoms with Crippen molar-refractivity contribution in [2.24, 2.45) is 0 Å². The molecule has 0 saturated carbocycles. The average molecular weight is 444 g/mol. The molecule has 0 atom stereocenters. The van der Waals surface area contributed by atoms with E-state index in [0.29, 0.717) is 34.3 Å². The minimum absolute atomic E-state index is 0.259. The predicted octanol–water partition coefficient (Wildman–Crippen LogP) is 4.74. The topological polar surface area (TPSA) is 76.8 Å². The van der Waals surface area contributed by atoms with Crippen LogP contribution in [0.3, 0.4) is 0 Å². The molecule has 2 heterocycles. The maximum Gasteiger partial charge on any atom is 0.341 e. The minimum Gasteiger partial charge on any atom is -0.492 e. The number of nitrogens with zero attached hydrogens (tertiary/aromatic N) is 2. The van der Waals surface area contributed by atoms with E-state index in [-0.39, 0.29) is 6.04 Å². The van der Waals surface area contributed by atoms with E-state index in [1.807, 2.05) is 31.2 Å². The lowest BCUT2D eigenvalue weighted by Gasteiger charge is -2.32. The van der Waals surface area contributed by atoms with Gasteiger partial charge in [-0.2, -0.15) is 4.98 Å². The Kier molecular flexibility index (Phi) is 6.63.